The van der Waals surface area contributed by atoms with Gasteiger partial charge in [-0.1, -0.05) is 0 Å². The van der Waals surface area contributed by atoms with Crippen LogP contribution >= 0.6 is 0 Å². The highest BCUT2D eigenvalue weighted by molar-refractivity contribution is 6.08. The van der Waals surface area contributed by atoms with Crippen molar-refractivity contribution in [2.75, 3.05) is 30.2 Å². The summed E-state index contributed by atoms with van der Waals surface area (Å²) in [7, 11) is 2.95. The fourth-order valence-electron chi connectivity index (χ4n) is 2.35. The summed E-state index contributed by atoms with van der Waals surface area (Å²) in [6.07, 6.45) is 1.18. The van der Waals surface area contributed by atoms with E-state index in [9.17, 15) is 14.9 Å². The van der Waals surface area contributed by atoms with Crippen LogP contribution in [0.3, 0.4) is 0 Å². The molecule has 2 aromatic rings. The van der Waals surface area contributed by atoms with E-state index in [0.29, 0.717) is 28.6 Å². The number of nitrogens with two attached hydrogens (primary N) is 1. The maximum absolute atomic E-state index is 12.6. The molecule has 0 saturated heterocycles. The molecule has 8 nitrogen and oxygen atoms in total. The molecule has 8 heteroatoms. The minimum atomic E-state index is -0.698. The van der Waals surface area contributed by atoms with Gasteiger partial charge in [-0.2, -0.15) is 5.26 Å². The van der Waals surface area contributed by atoms with Crippen LogP contribution in [0.1, 0.15) is 6.92 Å². The van der Waals surface area contributed by atoms with E-state index in [4.69, 9.17) is 15.2 Å². The van der Waals surface area contributed by atoms with E-state index < -0.39 is 5.91 Å². The van der Waals surface area contributed by atoms with E-state index in [-0.39, 0.29) is 11.5 Å². The molecular formula is C20H20N4O4. The molecule has 2 rings (SSSR count). The van der Waals surface area contributed by atoms with Crippen LogP contribution in [-0.2, 0) is 9.59 Å². The van der Waals surface area contributed by atoms with Crippen LogP contribution in [0.15, 0.2) is 54.2 Å². The third kappa shape index (κ3) is 4.80. The number of benzene rings is 2. The number of hydrogen-bond donors (Lipinski definition) is 2. The third-order valence-electron chi connectivity index (χ3n) is 3.79. The number of amides is 2. The van der Waals surface area contributed by atoms with Crippen molar-refractivity contribution < 1.29 is 19.1 Å². The van der Waals surface area contributed by atoms with Crippen LogP contribution in [0.4, 0.5) is 17.1 Å². The van der Waals surface area contributed by atoms with Crippen LogP contribution in [0.25, 0.3) is 0 Å². The first kappa shape index (κ1) is 20.3. The van der Waals surface area contributed by atoms with Crippen LogP contribution in [0, 0.1) is 11.3 Å². The number of carbonyl (C=O) groups is 2. The fraction of sp³-hybridized carbons (Fsp3) is 0.150. The van der Waals surface area contributed by atoms with E-state index in [0.717, 1.165) is 0 Å². The Kier molecular flexibility index (Phi) is 6.60. The normalized spacial score (nSPS) is 10.6. The van der Waals surface area contributed by atoms with Gasteiger partial charge in [0.15, 0.2) is 0 Å². The van der Waals surface area contributed by atoms with Crippen molar-refractivity contribution in [3.63, 3.8) is 0 Å². The van der Waals surface area contributed by atoms with Gasteiger partial charge in [0.05, 0.1) is 19.9 Å². The summed E-state index contributed by atoms with van der Waals surface area (Å²) < 4.78 is 10.3. The van der Waals surface area contributed by atoms with E-state index in [2.05, 4.69) is 5.32 Å². The molecule has 2 amide bonds. The van der Waals surface area contributed by atoms with Gasteiger partial charge >= 0.3 is 0 Å². The van der Waals surface area contributed by atoms with Crippen LogP contribution in [0.5, 0.6) is 11.5 Å². The van der Waals surface area contributed by atoms with Gasteiger partial charge in [-0.25, -0.2) is 0 Å². The lowest BCUT2D eigenvalue weighted by atomic mass is 10.2. The van der Waals surface area contributed by atoms with Crippen molar-refractivity contribution in [2.24, 2.45) is 0 Å². The molecule has 0 radical (unpaired) electrons. The van der Waals surface area contributed by atoms with Crippen LogP contribution in [-0.4, -0.2) is 26.0 Å². The highest BCUT2D eigenvalue weighted by Crippen LogP contribution is 2.29. The fourth-order valence-corrected chi connectivity index (χ4v) is 2.35. The first-order valence-electron chi connectivity index (χ1n) is 8.20. The largest absolute Gasteiger partial charge is 0.497 e. The van der Waals surface area contributed by atoms with E-state index in [1.165, 1.54) is 32.2 Å². The van der Waals surface area contributed by atoms with Crippen molar-refractivity contribution in [1.29, 1.82) is 5.26 Å². The quantitative estimate of drug-likeness (QED) is 0.452. The number of hydrogen-bond acceptors (Lipinski definition) is 6. The second-order valence-electron chi connectivity index (χ2n) is 5.66. The number of nitrogens with zero attached hydrogens (tertiary/aromatic N) is 2. The second kappa shape index (κ2) is 9.09. The molecule has 0 aliphatic carbocycles. The lowest BCUT2D eigenvalue weighted by molar-refractivity contribution is -0.116. The Bertz CT molecular complexity index is 946. The van der Waals surface area contributed by atoms with Gasteiger partial charge in [-0.3, -0.25) is 14.5 Å². The monoisotopic (exact) mass is 380 g/mol. The smallest absolute Gasteiger partial charge is 0.267 e. The number of methoxy groups -OCH3 is 2. The first-order valence-corrected chi connectivity index (χ1v) is 8.20. The number of rotatable bonds is 6. The summed E-state index contributed by atoms with van der Waals surface area (Å²) in [5.41, 5.74) is 6.72. The molecule has 0 saturated carbocycles. The zero-order chi connectivity index (χ0) is 20.7. The van der Waals surface area contributed by atoms with Gasteiger partial charge in [0.25, 0.3) is 5.91 Å². The Hall–Kier alpha value is -3.99. The Morgan fingerprint density at radius 1 is 1.14 bits per heavy atom. The van der Waals surface area contributed by atoms with Gasteiger partial charge in [0.2, 0.25) is 5.91 Å². The van der Waals surface area contributed by atoms with Crippen molar-refractivity contribution in [2.45, 2.75) is 6.92 Å². The van der Waals surface area contributed by atoms with E-state index in [1.807, 2.05) is 6.07 Å². The average Bonchev–Trinajstić information content (AvgIpc) is 2.69. The Morgan fingerprint density at radius 2 is 1.82 bits per heavy atom. The summed E-state index contributed by atoms with van der Waals surface area (Å²) in [6, 6.07) is 13.1. The molecule has 0 fully saturated rings. The molecule has 144 valence electrons. The topological polar surface area (TPSA) is 118 Å². The molecule has 0 aromatic heterocycles. The Morgan fingerprint density at radius 3 is 2.36 bits per heavy atom. The highest BCUT2D eigenvalue weighted by Gasteiger charge is 2.17. The van der Waals surface area contributed by atoms with Gasteiger partial charge in [0, 0.05) is 30.6 Å². The minimum Gasteiger partial charge on any atom is -0.497 e. The molecule has 0 unspecified atom stereocenters. The van der Waals surface area contributed by atoms with Crippen LogP contribution in [0.2, 0.25) is 0 Å². The Balaban J connectivity index is 2.35. The number of nitrogen functional groups attached to an aromatic ring is 1. The molecule has 0 atom stereocenters. The zero-order valence-corrected chi connectivity index (χ0v) is 15.7. The molecule has 28 heavy (non-hydrogen) atoms. The standard InChI is InChI=1S/C20H20N4O4/c1-13(25)24(16-6-4-15(22)5-7-16)12-14(11-21)20(26)23-18-10-17(27-2)8-9-19(18)28-3/h4-10,12H,22H2,1-3H3,(H,23,26)/b14-12-. The maximum Gasteiger partial charge on any atom is 0.267 e. The van der Waals surface area contributed by atoms with Crippen molar-refractivity contribution >= 4 is 28.9 Å². The van der Waals surface area contributed by atoms with Gasteiger partial charge in [0.1, 0.15) is 23.1 Å². The highest BCUT2D eigenvalue weighted by atomic mass is 16.5. The predicted octanol–water partition coefficient (Wildman–Crippen LogP) is 2.69. The molecule has 0 spiro atoms. The summed E-state index contributed by atoms with van der Waals surface area (Å²) >= 11 is 0. The number of nitriles is 1. The minimum absolute atomic E-state index is 0.267. The second-order valence-corrected chi connectivity index (χ2v) is 5.66. The molecule has 2 aromatic carbocycles. The van der Waals surface area contributed by atoms with Gasteiger partial charge in [-0.15, -0.1) is 0 Å². The zero-order valence-electron chi connectivity index (χ0n) is 15.7. The maximum atomic E-state index is 12.6. The lowest BCUT2D eigenvalue weighted by Crippen LogP contribution is -2.25. The summed E-state index contributed by atoms with van der Waals surface area (Å²) in [5.74, 6) is -0.167. The van der Waals surface area contributed by atoms with Crippen molar-refractivity contribution in [3.8, 4) is 17.6 Å². The molecule has 3 N–H and O–H groups in total. The van der Waals surface area contributed by atoms with E-state index >= 15 is 0 Å². The lowest BCUT2D eigenvalue weighted by Gasteiger charge is -2.17. The third-order valence-corrected chi connectivity index (χ3v) is 3.79. The van der Waals surface area contributed by atoms with Gasteiger partial charge in [-0.05, 0) is 36.4 Å². The average molecular weight is 380 g/mol. The summed E-state index contributed by atoms with van der Waals surface area (Å²) in [4.78, 5) is 25.8. The van der Waals surface area contributed by atoms with Crippen LogP contribution < -0.4 is 25.4 Å². The SMILES string of the molecule is COc1ccc(OC)c(NC(=O)/C(C#N)=C\N(C(C)=O)c2ccc(N)cc2)c1. The molecule has 0 bridgehead atoms. The number of ether oxygens (including phenoxy) is 2. The molecule has 0 aliphatic rings. The number of nitrogens with one attached hydrogen (secondary N) is 1. The molecule has 0 aliphatic heterocycles. The summed E-state index contributed by atoms with van der Waals surface area (Å²) in [6.45, 7) is 1.32. The number of carbonyl (C=O) groups excluding carboxylic acids is 2. The molecule has 0 heterocycles. The molecular weight excluding hydrogens is 360 g/mol. The van der Waals surface area contributed by atoms with Crippen molar-refractivity contribution in [1.82, 2.24) is 0 Å². The predicted molar refractivity (Wildman–Crippen MR) is 106 cm³/mol. The van der Waals surface area contributed by atoms with Crippen molar-refractivity contribution in [3.05, 3.63) is 54.2 Å². The van der Waals surface area contributed by atoms with E-state index in [1.54, 1.807) is 42.5 Å². The first-order chi connectivity index (χ1) is 13.4. The summed E-state index contributed by atoms with van der Waals surface area (Å²) in [5, 5.41) is 12.0. The number of anilines is 3. The Labute approximate surface area is 162 Å². The van der Waals surface area contributed by atoms with Gasteiger partial charge < -0.3 is 20.5 Å².